The van der Waals surface area contributed by atoms with Gasteiger partial charge in [0.05, 0.1) is 23.7 Å². The number of sulfonamides is 1. The summed E-state index contributed by atoms with van der Waals surface area (Å²) in [6.45, 7) is 0.0687. The number of phenols is 1. The van der Waals surface area contributed by atoms with Crippen molar-refractivity contribution in [2.75, 3.05) is 0 Å². The largest absolute Gasteiger partial charge is 0.508 e. The summed E-state index contributed by atoms with van der Waals surface area (Å²) >= 11 is 0. The number of carbonyl (C=O) groups is 1. The minimum atomic E-state index is -3.67. The molecule has 0 radical (unpaired) electrons. The quantitative estimate of drug-likeness (QED) is 0.491. The first-order valence-corrected chi connectivity index (χ1v) is 11.3. The molecule has 31 heavy (non-hydrogen) atoms. The van der Waals surface area contributed by atoms with Gasteiger partial charge in [0.15, 0.2) is 0 Å². The van der Waals surface area contributed by atoms with Crippen molar-refractivity contribution < 1.29 is 22.7 Å². The Morgan fingerprint density at radius 3 is 2.68 bits per heavy atom. The molecule has 0 saturated carbocycles. The van der Waals surface area contributed by atoms with Gasteiger partial charge in [-0.2, -0.15) is 0 Å². The maximum Gasteiger partial charge on any atom is 0.244 e. The molecule has 4 rings (SSSR count). The van der Waals surface area contributed by atoms with Crippen molar-refractivity contribution in [3.8, 4) is 5.75 Å². The average molecular weight is 439 g/mol. The van der Waals surface area contributed by atoms with Crippen molar-refractivity contribution in [2.45, 2.75) is 30.3 Å². The van der Waals surface area contributed by atoms with E-state index in [1.807, 2.05) is 6.07 Å². The van der Waals surface area contributed by atoms with Gasteiger partial charge in [-0.05, 0) is 65.9 Å². The predicted molar refractivity (Wildman–Crippen MR) is 116 cm³/mol. The summed E-state index contributed by atoms with van der Waals surface area (Å²) in [5.41, 5.74) is 2.53. The fourth-order valence-electron chi connectivity index (χ4n) is 3.60. The van der Waals surface area contributed by atoms with Gasteiger partial charge < -0.3 is 14.8 Å². The lowest BCUT2D eigenvalue weighted by Crippen LogP contribution is -2.25. The number of benzene rings is 2. The van der Waals surface area contributed by atoms with Crippen LogP contribution < -0.4 is 10.0 Å². The smallest absolute Gasteiger partial charge is 0.244 e. The van der Waals surface area contributed by atoms with Gasteiger partial charge in [0.25, 0.3) is 0 Å². The summed E-state index contributed by atoms with van der Waals surface area (Å²) in [5.74, 6) is 0.533. The zero-order chi connectivity index (χ0) is 21.8. The molecular formula is C23H22N2O5S. The number of nitrogens with one attached hydrogen (secondary N) is 2. The Morgan fingerprint density at radius 2 is 1.94 bits per heavy atom. The molecule has 8 heteroatoms. The number of hydrogen-bond donors (Lipinski definition) is 3. The highest BCUT2D eigenvalue weighted by Gasteiger charge is 2.25. The highest BCUT2D eigenvalue weighted by molar-refractivity contribution is 7.89. The zero-order valence-corrected chi connectivity index (χ0v) is 17.4. The molecule has 0 saturated heterocycles. The van der Waals surface area contributed by atoms with Crippen LogP contribution in [0.5, 0.6) is 5.75 Å². The number of aromatic hydroxyl groups is 1. The molecule has 1 unspecified atom stereocenters. The van der Waals surface area contributed by atoms with Gasteiger partial charge in [-0.1, -0.05) is 24.3 Å². The van der Waals surface area contributed by atoms with E-state index in [0.29, 0.717) is 11.3 Å². The number of phenolic OH excluding ortho intramolecular Hbond substituents is 1. The lowest BCUT2D eigenvalue weighted by Gasteiger charge is -2.12. The molecule has 1 aliphatic rings. The number of furan rings is 1. The van der Waals surface area contributed by atoms with Gasteiger partial charge in [-0.15, -0.1) is 0 Å². The zero-order valence-electron chi connectivity index (χ0n) is 16.6. The van der Waals surface area contributed by atoms with Crippen molar-refractivity contribution in [1.82, 2.24) is 10.0 Å². The Bertz CT molecular complexity index is 1200. The standard InChI is InChI=1S/C23H22N2O5S/c26-22-5-1-4-19-20(22)11-12-21(19)25-23(27)13-8-16-6-9-18(10-7-16)31(28,29)24-15-17-3-2-14-30-17/h1-10,13-14,21,24,26H,11-12,15H2,(H,25,27)/b13-8+. The van der Waals surface area contributed by atoms with E-state index in [9.17, 15) is 18.3 Å². The highest BCUT2D eigenvalue weighted by Crippen LogP contribution is 2.36. The van der Waals surface area contributed by atoms with E-state index in [0.717, 1.165) is 24.0 Å². The van der Waals surface area contributed by atoms with Gasteiger partial charge in [-0.25, -0.2) is 13.1 Å². The molecule has 3 aromatic rings. The summed E-state index contributed by atoms with van der Waals surface area (Å²) in [7, 11) is -3.67. The molecule has 1 aromatic heterocycles. The van der Waals surface area contributed by atoms with Crippen LogP contribution >= 0.6 is 0 Å². The molecule has 0 spiro atoms. The van der Waals surface area contributed by atoms with Crippen LogP contribution in [0.15, 0.2) is 76.2 Å². The Morgan fingerprint density at radius 1 is 1.13 bits per heavy atom. The summed E-state index contributed by atoms with van der Waals surface area (Å²) < 4.78 is 32.3. The Balaban J connectivity index is 1.35. The normalized spacial score (nSPS) is 15.8. The third-order valence-corrected chi connectivity index (χ3v) is 6.61. The van der Waals surface area contributed by atoms with Crippen LogP contribution in [0.2, 0.25) is 0 Å². The van der Waals surface area contributed by atoms with Gasteiger partial charge in [0.1, 0.15) is 11.5 Å². The number of fused-ring (bicyclic) bond motifs is 1. The van der Waals surface area contributed by atoms with Crippen LogP contribution in [0.1, 0.15) is 34.9 Å². The lowest BCUT2D eigenvalue weighted by molar-refractivity contribution is -0.117. The second-order valence-corrected chi connectivity index (χ2v) is 9.02. The van der Waals surface area contributed by atoms with Crippen LogP contribution in [0, 0.1) is 0 Å². The second kappa shape index (κ2) is 8.79. The topological polar surface area (TPSA) is 109 Å². The molecule has 1 amide bonds. The first-order chi connectivity index (χ1) is 14.9. The second-order valence-electron chi connectivity index (χ2n) is 7.25. The molecule has 2 aromatic carbocycles. The minimum absolute atomic E-state index is 0.0687. The molecular weight excluding hydrogens is 416 g/mol. The van der Waals surface area contributed by atoms with Gasteiger partial charge in [-0.3, -0.25) is 4.79 Å². The maximum absolute atomic E-state index is 12.4. The molecule has 1 atom stereocenters. The number of rotatable bonds is 7. The Kier molecular flexibility index (Phi) is 5.92. The van der Waals surface area contributed by atoms with E-state index in [1.54, 1.807) is 42.5 Å². The number of amides is 1. The van der Waals surface area contributed by atoms with Crippen molar-refractivity contribution in [2.24, 2.45) is 0 Å². The fraction of sp³-hybridized carbons (Fsp3) is 0.174. The number of carbonyl (C=O) groups excluding carboxylic acids is 1. The monoisotopic (exact) mass is 438 g/mol. The third-order valence-electron chi connectivity index (χ3n) is 5.20. The van der Waals surface area contributed by atoms with Crippen LogP contribution in [0.25, 0.3) is 6.08 Å². The molecule has 0 fully saturated rings. The molecule has 1 aliphatic carbocycles. The van der Waals surface area contributed by atoms with E-state index in [1.165, 1.54) is 24.5 Å². The van der Waals surface area contributed by atoms with E-state index in [4.69, 9.17) is 4.42 Å². The molecule has 0 aliphatic heterocycles. The van der Waals surface area contributed by atoms with E-state index >= 15 is 0 Å². The van der Waals surface area contributed by atoms with Crippen molar-refractivity contribution >= 4 is 22.0 Å². The minimum Gasteiger partial charge on any atom is -0.508 e. The van der Waals surface area contributed by atoms with Crippen LogP contribution in [-0.4, -0.2) is 19.4 Å². The van der Waals surface area contributed by atoms with Crippen LogP contribution in [-0.2, 0) is 27.8 Å². The molecule has 1 heterocycles. The molecule has 160 valence electrons. The van der Waals surface area contributed by atoms with Crippen LogP contribution in [0.4, 0.5) is 0 Å². The fourth-order valence-corrected chi connectivity index (χ4v) is 4.59. The molecule has 3 N–H and O–H groups in total. The predicted octanol–water partition coefficient (Wildman–Crippen LogP) is 3.28. The van der Waals surface area contributed by atoms with Crippen molar-refractivity contribution in [3.63, 3.8) is 0 Å². The first kappa shape index (κ1) is 20.9. The number of hydrogen-bond acceptors (Lipinski definition) is 5. The SMILES string of the molecule is O=C(/C=C/c1ccc(S(=O)(=O)NCc2ccco2)cc1)NC1CCc2c(O)cccc21. The summed E-state index contributed by atoms with van der Waals surface area (Å²) in [6, 6.07) is 14.8. The van der Waals surface area contributed by atoms with Gasteiger partial charge in [0, 0.05) is 6.08 Å². The summed E-state index contributed by atoms with van der Waals surface area (Å²) in [5, 5.41) is 12.9. The van der Waals surface area contributed by atoms with Crippen LogP contribution in [0.3, 0.4) is 0 Å². The molecule has 0 bridgehead atoms. The van der Waals surface area contributed by atoms with Crippen molar-refractivity contribution in [1.29, 1.82) is 0 Å². The van der Waals surface area contributed by atoms with E-state index < -0.39 is 10.0 Å². The Labute approximate surface area is 180 Å². The van der Waals surface area contributed by atoms with E-state index in [2.05, 4.69) is 10.0 Å². The third kappa shape index (κ3) is 4.87. The average Bonchev–Trinajstić information content (AvgIpc) is 3.42. The van der Waals surface area contributed by atoms with E-state index in [-0.39, 0.29) is 29.1 Å². The van der Waals surface area contributed by atoms with Gasteiger partial charge >= 0.3 is 0 Å². The van der Waals surface area contributed by atoms with Gasteiger partial charge in [0.2, 0.25) is 15.9 Å². The lowest BCUT2D eigenvalue weighted by atomic mass is 10.1. The summed E-state index contributed by atoms with van der Waals surface area (Å²) in [4.78, 5) is 12.4. The first-order valence-electron chi connectivity index (χ1n) is 9.84. The Hall–Kier alpha value is -3.36. The maximum atomic E-state index is 12.4. The molecule has 7 nitrogen and oxygen atoms in total. The summed E-state index contributed by atoms with van der Waals surface area (Å²) in [6.07, 6.45) is 5.99. The van der Waals surface area contributed by atoms with Crippen molar-refractivity contribution in [3.05, 3.63) is 89.4 Å². The highest BCUT2D eigenvalue weighted by atomic mass is 32.2.